The van der Waals surface area contributed by atoms with Gasteiger partial charge in [-0.3, -0.25) is 9.59 Å². The largest absolute Gasteiger partial charge is 1.00 e. The van der Waals surface area contributed by atoms with Crippen LogP contribution >= 0.6 is 0 Å². The molecular formula is C21H36Na4O14S2. The van der Waals surface area contributed by atoms with Crippen molar-refractivity contribution in [1.29, 1.82) is 0 Å². The van der Waals surface area contributed by atoms with Gasteiger partial charge in [-0.25, -0.2) is 16.8 Å². The topological polar surface area (TPSA) is 247 Å². The molecule has 0 aromatic carbocycles. The fraction of sp³-hybridized carbons (Fsp3) is 0.810. The summed E-state index contributed by atoms with van der Waals surface area (Å²) >= 11 is 0. The van der Waals surface area contributed by atoms with Gasteiger partial charge in [0.25, 0.3) is 0 Å². The Morgan fingerprint density at radius 3 is 1.37 bits per heavy atom. The molecule has 0 aliphatic rings. The van der Waals surface area contributed by atoms with E-state index in [0.29, 0.717) is 13.2 Å². The van der Waals surface area contributed by atoms with Crippen LogP contribution in [0.2, 0.25) is 0 Å². The van der Waals surface area contributed by atoms with Crippen molar-refractivity contribution in [2.45, 2.75) is 83.1 Å². The summed E-state index contributed by atoms with van der Waals surface area (Å²) in [7, 11) is -10.1. The zero-order valence-corrected chi connectivity index (χ0v) is 33.8. The first-order chi connectivity index (χ1) is 16.6. The molecule has 0 amide bonds. The van der Waals surface area contributed by atoms with E-state index in [1.165, 1.54) is 0 Å². The molecule has 41 heavy (non-hydrogen) atoms. The Balaban J connectivity index is -0.000000101. The quantitative estimate of drug-likeness (QED) is 0.0664. The molecule has 2 unspecified atom stereocenters. The van der Waals surface area contributed by atoms with Crippen LogP contribution in [0.1, 0.15) is 72.6 Å². The normalized spacial score (nSPS) is 11.6. The van der Waals surface area contributed by atoms with Gasteiger partial charge in [0, 0.05) is 44.9 Å². The zero-order chi connectivity index (χ0) is 28.4. The molecule has 0 saturated carbocycles. The van der Waals surface area contributed by atoms with Gasteiger partial charge in [-0.2, -0.15) is 0 Å². The number of hydrogen-bond acceptors (Lipinski definition) is 14. The number of ether oxygens (including phenoxy) is 2. The second-order valence-electron chi connectivity index (χ2n) is 7.50. The number of Topliss-reactive ketones (excluding diaryl/α,β-unsaturated/α-hetero) is 2. The van der Waals surface area contributed by atoms with E-state index in [2.05, 4.69) is 0 Å². The van der Waals surface area contributed by atoms with Crippen molar-refractivity contribution in [1.82, 2.24) is 0 Å². The van der Waals surface area contributed by atoms with E-state index in [4.69, 9.17) is 9.47 Å². The third-order valence-corrected chi connectivity index (χ3v) is 6.57. The second kappa shape index (κ2) is 33.4. The van der Waals surface area contributed by atoms with Crippen molar-refractivity contribution in [3.05, 3.63) is 0 Å². The van der Waals surface area contributed by atoms with E-state index in [0.717, 1.165) is 25.7 Å². The Bertz CT molecular complexity index is 915. The molecular weight excluding hydrogens is 632 g/mol. The molecule has 0 heterocycles. The minimum Gasteiger partial charge on any atom is -0.747 e. The average Bonchev–Trinajstić information content (AvgIpc) is 2.74. The first kappa shape index (κ1) is 58.5. The van der Waals surface area contributed by atoms with E-state index in [1.807, 2.05) is 13.8 Å². The number of aliphatic carboxylic acids is 2. The minimum atomic E-state index is -5.07. The van der Waals surface area contributed by atoms with Gasteiger partial charge in [0.2, 0.25) is 0 Å². The Morgan fingerprint density at radius 1 is 0.659 bits per heavy atom. The van der Waals surface area contributed by atoms with Crippen molar-refractivity contribution in [3.63, 3.8) is 0 Å². The molecule has 20 heteroatoms. The zero-order valence-electron chi connectivity index (χ0n) is 24.2. The monoisotopic (exact) mass is 668 g/mol. The molecule has 0 rings (SSSR count). The smallest absolute Gasteiger partial charge is 0.747 e. The Kier molecular flexibility index (Phi) is 47.7. The van der Waals surface area contributed by atoms with Crippen LogP contribution in [0, 0.1) is 0 Å². The predicted octanol–water partition coefficient (Wildman–Crippen LogP) is -13.7. The number of carboxylic acid groups (broad SMARTS) is 2. The Morgan fingerprint density at radius 2 is 1.05 bits per heavy atom. The first-order valence-corrected chi connectivity index (χ1v) is 14.0. The molecule has 0 aromatic heterocycles. The van der Waals surface area contributed by atoms with Crippen LogP contribution in [0.15, 0.2) is 0 Å². The van der Waals surface area contributed by atoms with Crippen molar-refractivity contribution in [3.8, 4) is 0 Å². The minimum absolute atomic E-state index is 0. The van der Waals surface area contributed by atoms with E-state index < -0.39 is 67.1 Å². The number of rotatable bonds is 20. The first-order valence-electron chi connectivity index (χ1n) is 11.1. The summed E-state index contributed by atoms with van der Waals surface area (Å²) in [5.74, 6) is -5.41. The molecule has 2 atom stereocenters. The maximum atomic E-state index is 11.4. The maximum Gasteiger partial charge on any atom is 1.00 e. The fourth-order valence-corrected chi connectivity index (χ4v) is 3.76. The van der Waals surface area contributed by atoms with E-state index in [9.17, 15) is 55.3 Å². The summed E-state index contributed by atoms with van der Waals surface area (Å²) < 4.78 is 74.0. The Hall–Kier alpha value is 2.02. The SMILES string of the molecule is C.CCCCOCCC(=O)C(CC(=O)[O-])S(=O)(=O)[O-].CCCCOCCC(=O)CC(C(=O)[O-])S(=O)(=O)[O-].[Na+].[Na+].[Na+].[Na+]. The summed E-state index contributed by atoms with van der Waals surface area (Å²) in [5, 5.41) is 16.3. The number of carbonyl (C=O) groups excluding carboxylic acids is 4. The van der Waals surface area contributed by atoms with Crippen molar-refractivity contribution in [2.75, 3.05) is 26.4 Å². The maximum absolute atomic E-state index is 11.4. The number of unbranched alkanes of at least 4 members (excludes halogenated alkanes) is 2. The van der Waals surface area contributed by atoms with Crippen LogP contribution in [-0.2, 0) is 48.9 Å². The third kappa shape index (κ3) is 34.7. The molecule has 0 saturated heterocycles. The molecule has 0 aromatic rings. The predicted molar refractivity (Wildman–Crippen MR) is 124 cm³/mol. The molecule has 0 spiro atoms. The molecule has 0 fully saturated rings. The molecule has 0 aliphatic carbocycles. The van der Waals surface area contributed by atoms with E-state index in [-0.39, 0.29) is 152 Å². The van der Waals surface area contributed by atoms with Crippen LogP contribution in [0.5, 0.6) is 0 Å². The molecule has 0 radical (unpaired) electrons. The van der Waals surface area contributed by atoms with Crippen LogP contribution in [-0.4, -0.2) is 86.4 Å². The van der Waals surface area contributed by atoms with Crippen LogP contribution in [0.25, 0.3) is 0 Å². The molecule has 0 aliphatic heterocycles. The van der Waals surface area contributed by atoms with Crippen molar-refractivity contribution >= 4 is 43.7 Å². The van der Waals surface area contributed by atoms with Gasteiger partial charge in [0.1, 0.15) is 31.3 Å². The number of ketones is 2. The van der Waals surface area contributed by atoms with Gasteiger partial charge in [0.15, 0.2) is 5.78 Å². The number of carboxylic acids is 2. The number of hydrogen-bond donors (Lipinski definition) is 0. The second-order valence-corrected chi connectivity index (χ2v) is 10.6. The van der Waals surface area contributed by atoms with Gasteiger partial charge in [-0.05, 0) is 12.8 Å². The third-order valence-electron chi connectivity index (χ3n) is 4.39. The average molecular weight is 669 g/mol. The molecule has 220 valence electrons. The van der Waals surface area contributed by atoms with Gasteiger partial charge in [0.05, 0.1) is 24.4 Å². The summed E-state index contributed by atoms with van der Waals surface area (Å²) in [6.07, 6.45) is 1.09. The molecule has 14 nitrogen and oxygen atoms in total. The van der Waals surface area contributed by atoms with Gasteiger partial charge in [-0.15, -0.1) is 0 Å². The summed E-state index contributed by atoms with van der Waals surface area (Å²) in [4.78, 5) is 43.4. The fourth-order valence-electron chi connectivity index (χ4n) is 2.36. The van der Waals surface area contributed by atoms with E-state index >= 15 is 0 Å². The summed E-state index contributed by atoms with van der Waals surface area (Å²) in [5.41, 5.74) is 0. The molecule has 0 N–H and O–H groups in total. The van der Waals surface area contributed by atoms with Crippen molar-refractivity contribution < 1.29 is 183 Å². The Labute approximate surface area is 331 Å². The van der Waals surface area contributed by atoms with Crippen LogP contribution in [0.4, 0.5) is 0 Å². The van der Waals surface area contributed by atoms with Crippen LogP contribution < -0.4 is 128 Å². The van der Waals surface area contributed by atoms with Gasteiger partial charge >= 0.3 is 118 Å². The van der Waals surface area contributed by atoms with E-state index in [1.54, 1.807) is 0 Å². The molecule has 0 bridgehead atoms. The van der Waals surface area contributed by atoms with Crippen molar-refractivity contribution in [2.24, 2.45) is 0 Å². The van der Waals surface area contributed by atoms with Crippen LogP contribution in [0.3, 0.4) is 0 Å². The number of carbonyl (C=O) groups is 4. The summed E-state index contributed by atoms with van der Waals surface area (Å²) in [6.45, 7) is 4.88. The van der Waals surface area contributed by atoms with Gasteiger partial charge < -0.3 is 38.4 Å². The standard InChI is InChI=1S/2C10H18O7S.CH4.4Na/c1-2-3-5-17-6-4-8(11)9(7-10(12)13)18(14,15)16;1-2-3-5-17-6-4-8(11)7-9(10(12)13)18(14,15)16;;;;;/h2*9H,2-7H2,1H3,(H,12,13)(H,14,15,16);1H4;;;;/q;;;4*+1/p-4. The summed E-state index contributed by atoms with van der Waals surface area (Å²) in [6, 6.07) is 0. The van der Waals surface area contributed by atoms with Gasteiger partial charge in [-0.1, -0.05) is 34.1 Å².